The molecule has 0 aromatic heterocycles. The van der Waals surface area contributed by atoms with Gasteiger partial charge in [0.05, 0.1) is 12.7 Å². The van der Waals surface area contributed by atoms with Crippen LogP contribution in [0, 0.1) is 0 Å². The lowest BCUT2D eigenvalue weighted by molar-refractivity contribution is -0.0738. The molecule has 14 heavy (non-hydrogen) atoms. The Hall–Kier alpha value is 0.230. The minimum atomic E-state index is 0.106. The van der Waals surface area contributed by atoms with Crippen LogP contribution in [0.4, 0.5) is 0 Å². The van der Waals surface area contributed by atoms with Gasteiger partial charge in [0.2, 0.25) is 0 Å². The molecular formula is C10H22N2OS. The monoisotopic (exact) mass is 218 g/mol. The second-order valence-corrected chi connectivity index (χ2v) is 5.36. The first-order valence-corrected chi connectivity index (χ1v) is 6.24. The van der Waals surface area contributed by atoms with Gasteiger partial charge in [-0.1, -0.05) is 11.9 Å². The van der Waals surface area contributed by atoms with E-state index in [0.717, 1.165) is 19.7 Å². The Kier molecular flexibility index (Phi) is 4.25. The second kappa shape index (κ2) is 4.84. The van der Waals surface area contributed by atoms with E-state index < -0.39 is 0 Å². The largest absolute Gasteiger partial charge is 0.374 e. The van der Waals surface area contributed by atoms with Gasteiger partial charge in [0.1, 0.15) is 0 Å². The quantitative estimate of drug-likeness (QED) is 0.663. The predicted octanol–water partition coefficient (Wildman–Crippen LogP) is 1.31. The van der Waals surface area contributed by atoms with Crippen LogP contribution in [0.3, 0.4) is 0 Å². The second-order valence-electron chi connectivity index (χ2n) is 4.48. The summed E-state index contributed by atoms with van der Waals surface area (Å²) in [7, 11) is 4.22. The molecule has 0 aromatic rings. The Morgan fingerprint density at radius 3 is 2.57 bits per heavy atom. The molecule has 84 valence electrons. The van der Waals surface area contributed by atoms with Crippen LogP contribution in [0.2, 0.25) is 0 Å². The topological polar surface area (TPSA) is 15.7 Å². The number of morpholine rings is 1. The van der Waals surface area contributed by atoms with Crippen molar-refractivity contribution in [2.24, 2.45) is 0 Å². The summed E-state index contributed by atoms with van der Waals surface area (Å²) in [4.78, 5) is 2.24. The minimum Gasteiger partial charge on any atom is -0.374 e. The Labute approximate surface area is 91.9 Å². The third-order valence-electron chi connectivity index (χ3n) is 3.23. The lowest BCUT2D eigenvalue weighted by Crippen LogP contribution is -2.56. The fraction of sp³-hybridized carbons (Fsp3) is 1.00. The first-order valence-electron chi connectivity index (χ1n) is 5.06. The molecule has 0 N–H and O–H groups in total. The molecule has 1 aliphatic rings. The summed E-state index contributed by atoms with van der Waals surface area (Å²) < 4.78 is 8.21. The Balaban J connectivity index is 2.59. The maximum absolute atomic E-state index is 5.84. The molecule has 3 nitrogen and oxygen atoms in total. The molecule has 0 spiro atoms. The third kappa shape index (κ3) is 2.63. The number of hydrogen-bond donors (Lipinski definition) is 0. The van der Waals surface area contributed by atoms with Gasteiger partial charge in [-0.3, -0.25) is 0 Å². The molecule has 4 heteroatoms. The van der Waals surface area contributed by atoms with Crippen molar-refractivity contribution in [1.82, 2.24) is 9.21 Å². The van der Waals surface area contributed by atoms with Crippen molar-refractivity contribution in [2.75, 3.05) is 40.0 Å². The van der Waals surface area contributed by atoms with Crippen molar-refractivity contribution in [3.63, 3.8) is 0 Å². The third-order valence-corrected chi connectivity index (χ3v) is 4.08. The zero-order valence-corrected chi connectivity index (χ0v) is 10.7. The molecule has 0 unspecified atom stereocenters. The highest BCUT2D eigenvalue weighted by Crippen LogP contribution is 2.24. The van der Waals surface area contributed by atoms with Crippen LogP contribution < -0.4 is 0 Å². The fourth-order valence-corrected chi connectivity index (χ4v) is 2.05. The summed E-state index contributed by atoms with van der Waals surface area (Å²) in [6.07, 6.45) is 2.43. The molecule has 1 fully saturated rings. The van der Waals surface area contributed by atoms with Crippen molar-refractivity contribution >= 4 is 11.9 Å². The molecule has 1 aliphatic heterocycles. The van der Waals surface area contributed by atoms with E-state index in [-0.39, 0.29) is 5.54 Å². The van der Waals surface area contributed by atoms with Gasteiger partial charge in [-0.15, -0.1) is 0 Å². The van der Waals surface area contributed by atoms with E-state index in [9.17, 15) is 0 Å². The molecule has 1 atom stereocenters. The Bertz CT molecular complexity index is 185. The van der Waals surface area contributed by atoms with Crippen LogP contribution in [0.15, 0.2) is 0 Å². The number of rotatable bonds is 3. The fourth-order valence-electron chi connectivity index (χ4n) is 1.51. The first kappa shape index (κ1) is 12.3. The number of likely N-dealkylation sites (N-methyl/N-ethyl adjacent to an activating group) is 1. The SMILES string of the molecule is CSN1CCO[C@H](C(C)(C)N(C)C)C1. The molecular weight excluding hydrogens is 196 g/mol. The Morgan fingerprint density at radius 2 is 2.07 bits per heavy atom. The van der Waals surface area contributed by atoms with Gasteiger partial charge in [0, 0.05) is 18.6 Å². The molecule has 0 amide bonds. The van der Waals surface area contributed by atoms with E-state index in [0.29, 0.717) is 6.10 Å². The van der Waals surface area contributed by atoms with Crippen LogP contribution in [-0.4, -0.2) is 60.9 Å². The van der Waals surface area contributed by atoms with Gasteiger partial charge in [0.25, 0.3) is 0 Å². The van der Waals surface area contributed by atoms with E-state index in [1.807, 2.05) is 11.9 Å². The normalized spacial score (nSPS) is 25.7. The molecule has 0 radical (unpaired) electrons. The zero-order chi connectivity index (χ0) is 10.8. The van der Waals surface area contributed by atoms with Gasteiger partial charge < -0.3 is 9.64 Å². The average Bonchev–Trinajstić information content (AvgIpc) is 2.17. The standard InChI is InChI=1S/C10H22N2OS/c1-10(2,11(3)4)9-8-12(14-5)6-7-13-9/h9H,6-8H2,1-5H3/t9-/m0/s1. The van der Waals surface area contributed by atoms with Crippen molar-refractivity contribution in [2.45, 2.75) is 25.5 Å². The highest BCUT2D eigenvalue weighted by Gasteiger charge is 2.35. The average molecular weight is 218 g/mol. The molecule has 1 saturated heterocycles. The maximum atomic E-state index is 5.84. The summed E-state index contributed by atoms with van der Waals surface area (Å²) in [5, 5.41) is 0. The first-order chi connectivity index (χ1) is 6.48. The molecule has 0 bridgehead atoms. The summed E-state index contributed by atoms with van der Waals surface area (Å²) in [5.74, 6) is 0. The van der Waals surface area contributed by atoms with Crippen LogP contribution in [0.5, 0.6) is 0 Å². The molecule has 1 rings (SSSR count). The summed E-state index contributed by atoms with van der Waals surface area (Å²) in [6.45, 7) is 7.39. The lowest BCUT2D eigenvalue weighted by Gasteiger charge is -2.44. The minimum absolute atomic E-state index is 0.106. The number of nitrogens with zero attached hydrogens (tertiary/aromatic N) is 2. The maximum Gasteiger partial charge on any atom is 0.0889 e. The zero-order valence-electron chi connectivity index (χ0n) is 9.91. The van der Waals surface area contributed by atoms with Gasteiger partial charge in [-0.25, -0.2) is 4.31 Å². The van der Waals surface area contributed by atoms with Crippen LogP contribution in [-0.2, 0) is 4.74 Å². The number of hydrogen-bond acceptors (Lipinski definition) is 4. The molecule has 0 saturated carbocycles. The van der Waals surface area contributed by atoms with Gasteiger partial charge in [-0.05, 0) is 34.2 Å². The van der Waals surface area contributed by atoms with Crippen molar-refractivity contribution in [1.29, 1.82) is 0 Å². The van der Waals surface area contributed by atoms with Crippen LogP contribution in [0.25, 0.3) is 0 Å². The van der Waals surface area contributed by atoms with Gasteiger partial charge in [-0.2, -0.15) is 0 Å². The van der Waals surface area contributed by atoms with Gasteiger partial charge >= 0.3 is 0 Å². The molecule has 1 heterocycles. The van der Waals surface area contributed by atoms with E-state index in [4.69, 9.17) is 4.74 Å². The van der Waals surface area contributed by atoms with Crippen molar-refractivity contribution in [3.8, 4) is 0 Å². The summed E-state index contributed by atoms with van der Waals surface area (Å²) >= 11 is 1.81. The summed E-state index contributed by atoms with van der Waals surface area (Å²) in [5.41, 5.74) is 0.106. The van der Waals surface area contributed by atoms with Gasteiger partial charge in [0.15, 0.2) is 0 Å². The smallest absolute Gasteiger partial charge is 0.0889 e. The van der Waals surface area contributed by atoms with Crippen LogP contribution >= 0.6 is 11.9 Å². The highest BCUT2D eigenvalue weighted by molar-refractivity contribution is 7.96. The lowest BCUT2D eigenvalue weighted by atomic mass is 9.95. The van der Waals surface area contributed by atoms with Crippen LogP contribution in [0.1, 0.15) is 13.8 Å². The van der Waals surface area contributed by atoms with E-state index in [2.05, 4.69) is 43.4 Å². The van der Waals surface area contributed by atoms with E-state index in [1.54, 1.807) is 0 Å². The highest BCUT2D eigenvalue weighted by atomic mass is 32.2. The molecule has 0 aromatic carbocycles. The predicted molar refractivity (Wildman–Crippen MR) is 62.6 cm³/mol. The van der Waals surface area contributed by atoms with Crippen molar-refractivity contribution < 1.29 is 4.74 Å². The molecule has 0 aliphatic carbocycles. The van der Waals surface area contributed by atoms with E-state index in [1.165, 1.54) is 0 Å². The Morgan fingerprint density at radius 1 is 1.43 bits per heavy atom. The van der Waals surface area contributed by atoms with E-state index >= 15 is 0 Å². The summed E-state index contributed by atoms with van der Waals surface area (Å²) in [6, 6.07) is 0. The van der Waals surface area contributed by atoms with Crippen molar-refractivity contribution in [3.05, 3.63) is 0 Å². The number of ether oxygens (including phenoxy) is 1.